The van der Waals surface area contributed by atoms with Gasteiger partial charge in [-0.25, -0.2) is 4.79 Å². The Morgan fingerprint density at radius 1 is 0.929 bits per heavy atom. The van der Waals surface area contributed by atoms with Gasteiger partial charge in [-0.3, -0.25) is 24.1 Å². The summed E-state index contributed by atoms with van der Waals surface area (Å²) >= 11 is 0. The van der Waals surface area contributed by atoms with Gasteiger partial charge in [0.25, 0.3) is 0 Å². The number of benzene rings is 2. The van der Waals surface area contributed by atoms with E-state index >= 15 is 0 Å². The molecule has 0 spiro atoms. The number of carbonyl (C=O) groups is 5. The van der Waals surface area contributed by atoms with Crippen LogP contribution in [-0.4, -0.2) is 41.9 Å². The Balaban J connectivity index is 1.96. The first kappa shape index (κ1) is 17.8. The minimum atomic E-state index is -1.50. The van der Waals surface area contributed by atoms with Crippen molar-refractivity contribution in [3.05, 3.63) is 64.2 Å². The van der Waals surface area contributed by atoms with E-state index in [4.69, 9.17) is 4.74 Å². The average molecular weight is 377 g/mol. The fourth-order valence-corrected chi connectivity index (χ4v) is 3.80. The summed E-state index contributed by atoms with van der Waals surface area (Å²) in [6, 6.07) is 7.69. The lowest BCUT2D eigenvalue weighted by atomic mass is 9.81. The van der Waals surface area contributed by atoms with Crippen molar-refractivity contribution >= 4 is 34.9 Å². The molecule has 4 rings (SSSR count). The van der Waals surface area contributed by atoms with Crippen LogP contribution >= 0.6 is 0 Å². The summed E-state index contributed by atoms with van der Waals surface area (Å²) in [4.78, 5) is 64.7. The third-order valence-corrected chi connectivity index (χ3v) is 4.93. The smallest absolute Gasteiger partial charge is 0.337 e. The lowest BCUT2D eigenvalue weighted by molar-refractivity contribution is -0.144. The summed E-state index contributed by atoms with van der Waals surface area (Å²) in [7, 11) is 0. The molecule has 1 atom stereocenters. The van der Waals surface area contributed by atoms with Gasteiger partial charge in [-0.2, -0.15) is 0 Å². The molecule has 0 radical (unpaired) electrons. The van der Waals surface area contributed by atoms with E-state index in [2.05, 4.69) is 0 Å². The van der Waals surface area contributed by atoms with E-state index in [1.54, 1.807) is 25.1 Å². The van der Waals surface area contributed by atoms with Gasteiger partial charge >= 0.3 is 5.97 Å². The highest BCUT2D eigenvalue weighted by atomic mass is 16.5. The Morgan fingerprint density at radius 3 is 2.18 bits per heavy atom. The number of fused-ring (bicyclic) bond motifs is 4. The molecule has 1 aliphatic heterocycles. The molecule has 2 aromatic rings. The minimum Gasteiger partial charge on any atom is -0.464 e. The highest BCUT2D eigenvalue weighted by Gasteiger charge is 2.49. The number of hydrogen-bond acceptors (Lipinski definition) is 6. The molecule has 0 bridgehead atoms. The number of esters is 1. The monoisotopic (exact) mass is 377 g/mol. The molecule has 1 amide bonds. The van der Waals surface area contributed by atoms with Gasteiger partial charge < -0.3 is 4.74 Å². The van der Waals surface area contributed by atoms with E-state index in [1.807, 2.05) is 0 Å². The summed E-state index contributed by atoms with van der Waals surface area (Å²) in [6.45, 7) is 2.84. The lowest BCUT2D eigenvalue weighted by Gasteiger charge is -2.22. The second kappa shape index (κ2) is 6.23. The molecule has 0 saturated carbocycles. The van der Waals surface area contributed by atoms with Crippen LogP contribution in [0, 0.1) is 0 Å². The zero-order valence-electron chi connectivity index (χ0n) is 15.1. The Bertz CT molecular complexity index is 1100. The number of ether oxygens (including phenoxy) is 1. The zero-order chi connectivity index (χ0) is 20.2. The number of carbonyl (C=O) groups excluding carboxylic acids is 5. The van der Waals surface area contributed by atoms with Crippen molar-refractivity contribution in [2.45, 2.75) is 19.9 Å². The van der Waals surface area contributed by atoms with Crippen LogP contribution in [0.2, 0.25) is 0 Å². The molecule has 1 aliphatic carbocycles. The summed E-state index contributed by atoms with van der Waals surface area (Å²) in [5.41, 5.74) is 0.521. The van der Waals surface area contributed by atoms with Crippen LogP contribution in [0.15, 0.2) is 36.4 Å². The second-order valence-electron chi connectivity index (χ2n) is 6.49. The molecule has 28 heavy (non-hydrogen) atoms. The maximum atomic E-state index is 13.1. The van der Waals surface area contributed by atoms with Gasteiger partial charge in [0.05, 0.1) is 17.9 Å². The van der Waals surface area contributed by atoms with Crippen molar-refractivity contribution in [3.8, 4) is 0 Å². The van der Waals surface area contributed by atoms with E-state index in [0.29, 0.717) is 0 Å². The lowest BCUT2D eigenvalue weighted by Crippen LogP contribution is -2.45. The quantitative estimate of drug-likeness (QED) is 0.500. The number of Topliss-reactive ketones (excluding diaryl/α,β-unsaturated/α-hetero) is 1. The van der Waals surface area contributed by atoms with Crippen LogP contribution < -0.4 is 4.90 Å². The van der Waals surface area contributed by atoms with Crippen molar-refractivity contribution < 1.29 is 28.7 Å². The number of nitrogens with zero attached hydrogens (tertiary/aromatic N) is 1. The standard InChI is InChI=1S/C21H15NO6/c1-3-28-21(27)17-20(26)16-14(22(17)10(2)23)9-8-13-15(16)19(25)12-7-5-4-6-11(12)18(13)24/h4-9,17H,3H2,1-2H3. The van der Waals surface area contributed by atoms with E-state index in [0.717, 1.165) is 4.90 Å². The summed E-state index contributed by atoms with van der Waals surface area (Å²) < 4.78 is 4.95. The largest absolute Gasteiger partial charge is 0.464 e. The molecule has 0 N–H and O–H groups in total. The molecule has 1 heterocycles. The molecule has 7 nitrogen and oxygen atoms in total. The Labute approximate surface area is 159 Å². The first-order valence-corrected chi connectivity index (χ1v) is 8.74. The van der Waals surface area contributed by atoms with Crippen LogP contribution in [0.4, 0.5) is 5.69 Å². The van der Waals surface area contributed by atoms with E-state index in [9.17, 15) is 24.0 Å². The molecule has 0 saturated heterocycles. The van der Waals surface area contributed by atoms with Crippen molar-refractivity contribution in [1.29, 1.82) is 0 Å². The van der Waals surface area contributed by atoms with E-state index in [-0.39, 0.29) is 45.9 Å². The van der Waals surface area contributed by atoms with Crippen LogP contribution in [0.3, 0.4) is 0 Å². The van der Waals surface area contributed by atoms with Crippen molar-refractivity contribution in [2.24, 2.45) is 0 Å². The molecule has 2 aromatic carbocycles. The highest BCUT2D eigenvalue weighted by Crippen LogP contribution is 2.40. The molecule has 0 aromatic heterocycles. The molecule has 7 heteroatoms. The van der Waals surface area contributed by atoms with Gasteiger partial charge in [0, 0.05) is 29.2 Å². The second-order valence-corrected chi connectivity index (χ2v) is 6.49. The Kier molecular flexibility index (Phi) is 3.96. The number of hydrogen-bond donors (Lipinski definition) is 0. The van der Waals surface area contributed by atoms with Crippen LogP contribution in [0.5, 0.6) is 0 Å². The van der Waals surface area contributed by atoms with Crippen molar-refractivity contribution in [1.82, 2.24) is 0 Å². The molecular weight excluding hydrogens is 362 g/mol. The fourth-order valence-electron chi connectivity index (χ4n) is 3.80. The number of anilines is 1. The summed E-state index contributed by atoms with van der Waals surface area (Å²) in [5.74, 6) is -3.00. The zero-order valence-corrected chi connectivity index (χ0v) is 15.1. The van der Waals surface area contributed by atoms with E-state index in [1.165, 1.54) is 25.1 Å². The predicted molar refractivity (Wildman–Crippen MR) is 97.7 cm³/mol. The van der Waals surface area contributed by atoms with Gasteiger partial charge in [0.15, 0.2) is 23.4 Å². The molecule has 0 fully saturated rings. The average Bonchev–Trinajstić information content (AvgIpc) is 2.99. The van der Waals surface area contributed by atoms with Gasteiger partial charge in [-0.1, -0.05) is 24.3 Å². The van der Waals surface area contributed by atoms with Crippen molar-refractivity contribution in [3.63, 3.8) is 0 Å². The number of ketones is 3. The van der Waals surface area contributed by atoms with E-state index < -0.39 is 29.5 Å². The maximum Gasteiger partial charge on any atom is 0.337 e. The molecule has 2 aliphatic rings. The summed E-state index contributed by atoms with van der Waals surface area (Å²) in [5, 5.41) is 0. The van der Waals surface area contributed by atoms with Crippen LogP contribution in [0.1, 0.15) is 56.0 Å². The SMILES string of the molecule is CCOC(=O)C1C(=O)c2c(ccc3c2C(=O)c2ccccc2C3=O)N1C(C)=O. The summed E-state index contributed by atoms with van der Waals surface area (Å²) in [6.07, 6.45) is 0. The Hall–Kier alpha value is -3.61. The first-order chi connectivity index (χ1) is 13.4. The van der Waals surface area contributed by atoms with Crippen molar-refractivity contribution in [2.75, 3.05) is 11.5 Å². The van der Waals surface area contributed by atoms with Gasteiger partial charge in [-0.05, 0) is 19.1 Å². The van der Waals surface area contributed by atoms with Crippen LogP contribution in [0.25, 0.3) is 0 Å². The minimum absolute atomic E-state index is 0.0353. The predicted octanol–water partition coefficient (Wildman–Crippen LogP) is 1.94. The fraction of sp³-hybridized carbons (Fsp3) is 0.190. The number of rotatable bonds is 2. The first-order valence-electron chi connectivity index (χ1n) is 8.74. The third kappa shape index (κ3) is 2.26. The maximum absolute atomic E-state index is 13.1. The van der Waals surface area contributed by atoms with Gasteiger partial charge in [0.1, 0.15) is 0 Å². The Morgan fingerprint density at radius 2 is 1.57 bits per heavy atom. The van der Waals surface area contributed by atoms with Gasteiger partial charge in [-0.15, -0.1) is 0 Å². The normalized spacial score (nSPS) is 17.1. The molecule has 140 valence electrons. The highest BCUT2D eigenvalue weighted by molar-refractivity contribution is 6.35. The molecular formula is C21H15NO6. The topological polar surface area (TPSA) is 97.8 Å². The molecule has 1 unspecified atom stereocenters. The third-order valence-electron chi connectivity index (χ3n) is 4.93. The van der Waals surface area contributed by atoms with Crippen LogP contribution in [-0.2, 0) is 14.3 Å². The number of amides is 1. The van der Waals surface area contributed by atoms with Gasteiger partial charge in [0.2, 0.25) is 5.91 Å².